The summed E-state index contributed by atoms with van der Waals surface area (Å²) in [5, 5.41) is 0.306. The largest absolute Gasteiger partial charge is 0.462 e. The number of hydrogen-bond acceptors (Lipinski definition) is 5. The van der Waals surface area contributed by atoms with Crippen LogP contribution in [0.5, 0.6) is 0 Å². The maximum Gasteiger partial charge on any atom is 0.343 e. The molecule has 0 spiro atoms. The molecular formula is C17H18ClN3O2. The summed E-state index contributed by atoms with van der Waals surface area (Å²) in [5.74, 6) is -0.397. The number of halogens is 1. The van der Waals surface area contributed by atoms with Gasteiger partial charge < -0.3 is 10.5 Å². The summed E-state index contributed by atoms with van der Waals surface area (Å²) < 4.78 is 4.94. The summed E-state index contributed by atoms with van der Waals surface area (Å²) in [7, 11) is 0. The lowest BCUT2D eigenvalue weighted by Gasteiger charge is -2.11. The zero-order valence-corrected chi connectivity index (χ0v) is 13.8. The van der Waals surface area contributed by atoms with E-state index in [2.05, 4.69) is 9.97 Å². The molecule has 0 bridgehead atoms. The molecule has 0 fully saturated rings. The molecule has 5 nitrogen and oxygen atoms in total. The number of carbonyl (C=O) groups excluding carboxylic acids is 1. The molecule has 2 aromatic rings. The normalized spacial score (nSPS) is 11.3. The standard InChI is InChI=1S/C17H18ClN3O2/c1-3-23-17(22)14(10-19)16-20-11(2)13(15(18)21-16)9-12-7-5-4-6-8-12/h4-8,10H,3,9,19H2,1-2H3/b14-10+. The molecule has 2 rings (SSSR count). The SMILES string of the molecule is CCOC(=O)/C(=C/N)c1nc(C)c(Cc2ccccc2)c(Cl)n1. The minimum absolute atomic E-state index is 0.100. The number of benzene rings is 1. The molecule has 2 N–H and O–H groups in total. The lowest BCUT2D eigenvalue weighted by Crippen LogP contribution is -2.13. The molecule has 0 unspecified atom stereocenters. The van der Waals surface area contributed by atoms with E-state index < -0.39 is 5.97 Å². The van der Waals surface area contributed by atoms with Gasteiger partial charge in [-0.25, -0.2) is 14.8 Å². The molecule has 0 radical (unpaired) electrons. The number of esters is 1. The summed E-state index contributed by atoms with van der Waals surface area (Å²) in [5.41, 5.74) is 8.24. The number of hydrogen-bond donors (Lipinski definition) is 1. The third kappa shape index (κ3) is 4.07. The molecule has 23 heavy (non-hydrogen) atoms. The molecule has 120 valence electrons. The minimum Gasteiger partial charge on any atom is -0.462 e. The van der Waals surface area contributed by atoms with E-state index in [0.717, 1.165) is 17.3 Å². The van der Waals surface area contributed by atoms with Crippen LogP contribution in [-0.4, -0.2) is 22.5 Å². The van der Waals surface area contributed by atoms with E-state index in [4.69, 9.17) is 22.1 Å². The highest BCUT2D eigenvalue weighted by Crippen LogP contribution is 2.23. The van der Waals surface area contributed by atoms with Crippen molar-refractivity contribution in [3.8, 4) is 0 Å². The Bertz CT molecular complexity index is 707. The quantitative estimate of drug-likeness (QED) is 0.518. The predicted octanol–water partition coefficient (Wildman–Crippen LogP) is 2.89. The van der Waals surface area contributed by atoms with Gasteiger partial charge in [0, 0.05) is 23.9 Å². The minimum atomic E-state index is -0.568. The Morgan fingerprint density at radius 3 is 2.57 bits per heavy atom. The first-order valence-corrected chi connectivity index (χ1v) is 7.61. The highest BCUT2D eigenvalue weighted by molar-refractivity contribution is 6.30. The van der Waals surface area contributed by atoms with E-state index in [9.17, 15) is 4.79 Å². The Kier molecular flexibility index (Phi) is 5.71. The van der Waals surface area contributed by atoms with Crippen LogP contribution in [0.3, 0.4) is 0 Å². The molecule has 0 saturated carbocycles. The Morgan fingerprint density at radius 1 is 1.30 bits per heavy atom. The fraction of sp³-hybridized carbons (Fsp3) is 0.235. The van der Waals surface area contributed by atoms with Gasteiger partial charge in [0.1, 0.15) is 10.7 Å². The van der Waals surface area contributed by atoms with Gasteiger partial charge in [0.2, 0.25) is 0 Å². The number of carbonyl (C=O) groups is 1. The first-order chi connectivity index (χ1) is 11.1. The van der Waals surface area contributed by atoms with Crippen LogP contribution in [0.15, 0.2) is 36.5 Å². The number of aromatic nitrogens is 2. The molecule has 1 heterocycles. The summed E-state index contributed by atoms with van der Waals surface area (Å²) >= 11 is 6.30. The monoisotopic (exact) mass is 331 g/mol. The third-order valence-corrected chi connectivity index (χ3v) is 3.60. The van der Waals surface area contributed by atoms with Gasteiger partial charge >= 0.3 is 5.97 Å². The number of nitrogens with two attached hydrogens (primary N) is 1. The molecule has 0 aliphatic rings. The van der Waals surface area contributed by atoms with Crippen LogP contribution in [0.4, 0.5) is 0 Å². The highest BCUT2D eigenvalue weighted by Gasteiger charge is 2.19. The molecule has 6 heteroatoms. The maximum atomic E-state index is 11.9. The molecule has 1 aromatic carbocycles. The molecule has 1 aromatic heterocycles. The van der Waals surface area contributed by atoms with Gasteiger partial charge in [-0.1, -0.05) is 41.9 Å². The predicted molar refractivity (Wildman–Crippen MR) is 89.8 cm³/mol. The summed E-state index contributed by atoms with van der Waals surface area (Å²) in [6.07, 6.45) is 1.76. The van der Waals surface area contributed by atoms with Crippen LogP contribution in [0.2, 0.25) is 5.15 Å². The average molecular weight is 332 g/mol. The van der Waals surface area contributed by atoms with Crippen molar-refractivity contribution < 1.29 is 9.53 Å². The van der Waals surface area contributed by atoms with Crippen LogP contribution in [0, 0.1) is 6.92 Å². The zero-order chi connectivity index (χ0) is 16.8. The zero-order valence-electron chi connectivity index (χ0n) is 13.0. The van der Waals surface area contributed by atoms with Crippen LogP contribution in [-0.2, 0) is 16.0 Å². The van der Waals surface area contributed by atoms with Gasteiger partial charge in [0.05, 0.1) is 6.61 Å². The molecule has 0 aliphatic heterocycles. The van der Waals surface area contributed by atoms with Crippen molar-refractivity contribution in [1.29, 1.82) is 0 Å². The fourth-order valence-electron chi connectivity index (χ4n) is 2.13. The van der Waals surface area contributed by atoms with Crippen molar-refractivity contribution >= 4 is 23.1 Å². The molecular weight excluding hydrogens is 314 g/mol. The average Bonchev–Trinajstić information content (AvgIpc) is 2.53. The lowest BCUT2D eigenvalue weighted by molar-refractivity contribution is -0.136. The van der Waals surface area contributed by atoms with Gasteiger partial charge in [0.15, 0.2) is 5.82 Å². The Balaban J connectivity index is 2.35. The van der Waals surface area contributed by atoms with E-state index in [0.29, 0.717) is 17.3 Å². The van der Waals surface area contributed by atoms with E-state index in [-0.39, 0.29) is 18.0 Å². The number of nitrogens with zero attached hydrogens (tertiary/aromatic N) is 2. The Labute approximate surface area is 140 Å². The third-order valence-electron chi connectivity index (χ3n) is 3.29. The van der Waals surface area contributed by atoms with Crippen molar-refractivity contribution in [3.05, 3.63) is 64.3 Å². The van der Waals surface area contributed by atoms with Crippen LogP contribution >= 0.6 is 11.6 Å². The maximum absolute atomic E-state index is 11.9. The van der Waals surface area contributed by atoms with Gasteiger partial charge in [0.25, 0.3) is 0 Å². The fourth-order valence-corrected chi connectivity index (χ4v) is 2.41. The van der Waals surface area contributed by atoms with Crippen molar-refractivity contribution in [2.24, 2.45) is 5.73 Å². The van der Waals surface area contributed by atoms with Gasteiger partial charge in [-0.05, 0) is 19.4 Å². The van der Waals surface area contributed by atoms with Crippen LogP contribution in [0.1, 0.15) is 29.6 Å². The smallest absolute Gasteiger partial charge is 0.343 e. The van der Waals surface area contributed by atoms with Crippen LogP contribution < -0.4 is 5.73 Å². The topological polar surface area (TPSA) is 78.1 Å². The van der Waals surface area contributed by atoms with Crippen LogP contribution in [0.25, 0.3) is 5.57 Å². The van der Waals surface area contributed by atoms with Crippen molar-refractivity contribution in [1.82, 2.24) is 9.97 Å². The number of ether oxygens (including phenoxy) is 1. The van der Waals surface area contributed by atoms with Gasteiger partial charge in [-0.15, -0.1) is 0 Å². The second kappa shape index (κ2) is 7.74. The van der Waals surface area contributed by atoms with E-state index in [1.807, 2.05) is 37.3 Å². The summed E-state index contributed by atoms with van der Waals surface area (Å²) in [6.45, 7) is 3.79. The second-order valence-corrected chi connectivity index (χ2v) is 5.22. The second-order valence-electron chi connectivity index (χ2n) is 4.87. The Hall–Kier alpha value is -2.40. The molecule has 0 saturated heterocycles. The number of rotatable bonds is 5. The van der Waals surface area contributed by atoms with Gasteiger partial charge in [-0.3, -0.25) is 0 Å². The Morgan fingerprint density at radius 2 is 2.00 bits per heavy atom. The first kappa shape index (κ1) is 17.0. The van der Waals surface area contributed by atoms with Crippen molar-refractivity contribution in [3.63, 3.8) is 0 Å². The molecule has 0 atom stereocenters. The molecule has 0 aliphatic carbocycles. The first-order valence-electron chi connectivity index (χ1n) is 7.23. The lowest BCUT2D eigenvalue weighted by atomic mass is 10.1. The molecule has 0 amide bonds. The van der Waals surface area contributed by atoms with Gasteiger partial charge in [-0.2, -0.15) is 0 Å². The highest BCUT2D eigenvalue weighted by atomic mass is 35.5. The van der Waals surface area contributed by atoms with Crippen molar-refractivity contribution in [2.75, 3.05) is 6.61 Å². The van der Waals surface area contributed by atoms with E-state index >= 15 is 0 Å². The summed E-state index contributed by atoms with van der Waals surface area (Å²) in [6, 6.07) is 9.89. The number of aryl methyl sites for hydroxylation is 1. The van der Waals surface area contributed by atoms with E-state index in [1.54, 1.807) is 6.92 Å². The van der Waals surface area contributed by atoms with Crippen molar-refractivity contribution in [2.45, 2.75) is 20.3 Å². The summed E-state index contributed by atoms with van der Waals surface area (Å²) in [4.78, 5) is 20.4. The van der Waals surface area contributed by atoms with E-state index in [1.165, 1.54) is 0 Å².